The van der Waals surface area contributed by atoms with Gasteiger partial charge in [0.05, 0.1) is 0 Å². The predicted octanol–water partition coefficient (Wildman–Crippen LogP) is 3.42. The van der Waals surface area contributed by atoms with Crippen LogP contribution in [-0.4, -0.2) is 55.3 Å². The van der Waals surface area contributed by atoms with E-state index in [1.165, 1.54) is 12.1 Å². The smallest absolute Gasteiger partial charge is 0.339 e. The van der Waals surface area contributed by atoms with Crippen molar-refractivity contribution in [3.63, 3.8) is 0 Å². The second-order valence-electron chi connectivity index (χ2n) is 8.26. The quantitative estimate of drug-likeness (QED) is 0.519. The summed E-state index contributed by atoms with van der Waals surface area (Å²) in [4.78, 5) is 21.3. The maximum atomic E-state index is 12.9. The Morgan fingerprint density at radius 3 is 2.39 bits per heavy atom. The van der Waals surface area contributed by atoms with Crippen molar-refractivity contribution in [1.29, 1.82) is 0 Å². The van der Waals surface area contributed by atoms with Crippen LogP contribution in [0.15, 0.2) is 71.9 Å². The Balaban J connectivity index is 1.36. The van der Waals surface area contributed by atoms with Crippen molar-refractivity contribution in [2.24, 2.45) is 0 Å². The lowest BCUT2D eigenvalue weighted by Crippen LogP contribution is -2.48. The summed E-state index contributed by atoms with van der Waals surface area (Å²) in [5.41, 5.74) is 3.12. The molecule has 33 heavy (non-hydrogen) atoms. The number of nitrogens with zero attached hydrogens (tertiary/aromatic N) is 3. The number of aryl methyl sites for hydroxylation is 2. The summed E-state index contributed by atoms with van der Waals surface area (Å²) in [6.45, 7) is 7.23. The monoisotopic (exact) mass is 465 g/mol. The fraction of sp³-hybridized carbons (Fsp3) is 0.280. The Hall–Kier alpha value is -3.23. The molecule has 7 nitrogen and oxygen atoms in total. The van der Waals surface area contributed by atoms with Gasteiger partial charge in [0, 0.05) is 50.7 Å². The maximum absolute atomic E-state index is 12.9. The summed E-state index contributed by atoms with van der Waals surface area (Å²) in [7, 11) is -3.96. The molecule has 3 aromatic rings. The van der Waals surface area contributed by atoms with Crippen LogP contribution in [0.4, 0.5) is 0 Å². The number of piperazine rings is 1. The molecule has 0 radical (unpaired) electrons. The third-order valence-electron chi connectivity index (χ3n) is 5.71. The molecule has 0 atom stereocenters. The van der Waals surface area contributed by atoms with Crippen LogP contribution in [0.5, 0.6) is 5.75 Å². The minimum Gasteiger partial charge on any atom is -0.379 e. The van der Waals surface area contributed by atoms with E-state index in [1.807, 2.05) is 30.2 Å². The van der Waals surface area contributed by atoms with E-state index < -0.39 is 10.1 Å². The van der Waals surface area contributed by atoms with Crippen molar-refractivity contribution in [3.8, 4) is 5.75 Å². The van der Waals surface area contributed by atoms with Gasteiger partial charge < -0.3 is 9.08 Å². The van der Waals surface area contributed by atoms with Crippen LogP contribution in [0.25, 0.3) is 0 Å². The number of hydrogen-bond acceptors (Lipinski definition) is 6. The first-order valence-corrected chi connectivity index (χ1v) is 12.2. The fourth-order valence-corrected chi connectivity index (χ4v) is 5.09. The first-order chi connectivity index (χ1) is 15.8. The number of aromatic nitrogens is 1. The van der Waals surface area contributed by atoms with Crippen LogP contribution >= 0.6 is 0 Å². The van der Waals surface area contributed by atoms with Crippen LogP contribution in [0, 0.1) is 13.8 Å². The van der Waals surface area contributed by atoms with E-state index in [0.29, 0.717) is 24.2 Å². The topological polar surface area (TPSA) is 79.8 Å². The molecular formula is C25H27N3O4S. The zero-order valence-corrected chi connectivity index (χ0v) is 19.6. The molecule has 1 aliphatic rings. The number of amides is 1. The summed E-state index contributed by atoms with van der Waals surface area (Å²) >= 11 is 0. The Bertz CT molecular complexity index is 1220. The fourth-order valence-electron chi connectivity index (χ4n) is 3.84. The van der Waals surface area contributed by atoms with Crippen molar-refractivity contribution < 1.29 is 17.4 Å². The van der Waals surface area contributed by atoms with Crippen molar-refractivity contribution >= 4 is 16.0 Å². The lowest BCUT2D eigenvalue weighted by molar-refractivity contribution is 0.0628. The summed E-state index contributed by atoms with van der Waals surface area (Å²) in [5.74, 6) is 0.105. The average Bonchev–Trinajstić information content (AvgIpc) is 2.81. The molecule has 0 N–H and O–H groups in total. The molecule has 1 fully saturated rings. The Morgan fingerprint density at radius 2 is 1.73 bits per heavy atom. The maximum Gasteiger partial charge on any atom is 0.339 e. The Labute approximate surface area is 194 Å². The van der Waals surface area contributed by atoms with Gasteiger partial charge >= 0.3 is 10.1 Å². The van der Waals surface area contributed by atoms with E-state index in [-0.39, 0.29) is 16.6 Å². The standard InChI is InChI=1S/C25H27N3O4S/c1-19-5-6-20(2)24(16-19)33(30,31)32-23-9-7-22(8-10-23)25(29)28-14-12-27(13-15-28)18-21-4-3-11-26-17-21/h3-11,16-17H,12-15,18H2,1-2H3. The number of hydrogen-bond donors (Lipinski definition) is 0. The molecule has 1 aliphatic heterocycles. The normalized spacial score (nSPS) is 14.8. The van der Waals surface area contributed by atoms with E-state index in [4.69, 9.17) is 4.18 Å². The van der Waals surface area contributed by atoms with Crippen molar-refractivity contribution in [3.05, 3.63) is 89.2 Å². The summed E-state index contributed by atoms with van der Waals surface area (Å²) in [5, 5.41) is 0. The van der Waals surface area contributed by atoms with Crippen LogP contribution < -0.4 is 4.18 Å². The molecular weight excluding hydrogens is 438 g/mol. The van der Waals surface area contributed by atoms with Gasteiger partial charge in [-0.25, -0.2) is 0 Å². The number of carbonyl (C=O) groups is 1. The van der Waals surface area contributed by atoms with Crippen molar-refractivity contribution in [2.75, 3.05) is 26.2 Å². The molecule has 2 aromatic carbocycles. The molecule has 8 heteroatoms. The molecule has 1 amide bonds. The van der Waals surface area contributed by atoms with Crippen LogP contribution in [0.3, 0.4) is 0 Å². The number of pyridine rings is 1. The second kappa shape index (κ2) is 9.72. The summed E-state index contributed by atoms with van der Waals surface area (Å²) in [6, 6.07) is 15.4. The van der Waals surface area contributed by atoms with E-state index >= 15 is 0 Å². The van der Waals surface area contributed by atoms with Gasteiger partial charge in [-0.15, -0.1) is 0 Å². The van der Waals surface area contributed by atoms with Gasteiger partial charge in [0.1, 0.15) is 10.6 Å². The van der Waals surface area contributed by atoms with Gasteiger partial charge in [0.25, 0.3) is 5.91 Å². The third-order valence-corrected chi connectivity index (χ3v) is 7.10. The SMILES string of the molecule is Cc1ccc(C)c(S(=O)(=O)Oc2ccc(C(=O)N3CCN(Cc4cccnc4)CC3)cc2)c1. The molecule has 0 unspecified atom stereocenters. The molecule has 0 bridgehead atoms. The number of carbonyl (C=O) groups excluding carboxylic acids is 1. The minimum absolute atomic E-state index is 0.0695. The zero-order valence-electron chi connectivity index (χ0n) is 18.8. The molecule has 0 aliphatic carbocycles. The van der Waals surface area contributed by atoms with Gasteiger partial charge in [-0.05, 0) is 66.9 Å². The zero-order chi connectivity index (χ0) is 23.4. The lowest BCUT2D eigenvalue weighted by Gasteiger charge is -2.34. The molecule has 4 rings (SSSR count). The molecule has 0 saturated carbocycles. The summed E-state index contributed by atoms with van der Waals surface area (Å²) < 4.78 is 30.7. The Kier molecular flexibility index (Phi) is 6.76. The van der Waals surface area contributed by atoms with Gasteiger partial charge in [-0.1, -0.05) is 18.2 Å². The molecule has 2 heterocycles. The molecule has 1 aromatic heterocycles. The molecule has 0 spiro atoms. The molecule has 172 valence electrons. The summed E-state index contributed by atoms with van der Waals surface area (Å²) in [6.07, 6.45) is 3.62. The second-order valence-corrected chi connectivity index (χ2v) is 9.78. The van der Waals surface area contributed by atoms with Gasteiger partial charge in [0.2, 0.25) is 0 Å². The number of rotatable bonds is 6. The highest BCUT2D eigenvalue weighted by Gasteiger charge is 2.23. The van der Waals surface area contributed by atoms with Crippen LogP contribution in [0.2, 0.25) is 0 Å². The van der Waals surface area contributed by atoms with Crippen LogP contribution in [-0.2, 0) is 16.7 Å². The van der Waals surface area contributed by atoms with Crippen LogP contribution in [0.1, 0.15) is 27.0 Å². The predicted molar refractivity (Wildman–Crippen MR) is 126 cm³/mol. The third kappa shape index (κ3) is 5.58. The van der Waals surface area contributed by atoms with Gasteiger partial charge in [-0.2, -0.15) is 8.42 Å². The van der Waals surface area contributed by atoms with E-state index in [9.17, 15) is 13.2 Å². The largest absolute Gasteiger partial charge is 0.379 e. The Morgan fingerprint density at radius 1 is 1.00 bits per heavy atom. The minimum atomic E-state index is -3.96. The highest BCUT2D eigenvalue weighted by Crippen LogP contribution is 2.23. The van der Waals surface area contributed by atoms with E-state index in [0.717, 1.165) is 30.8 Å². The highest BCUT2D eigenvalue weighted by atomic mass is 32.2. The van der Waals surface area contributed by atoms with Crippen molar-refractivity contribution in [2.45, 2.75) is 25.3 Å². The van der Waals surface area contributed by atoms with E-state index in [1.54, 1.807) is 37.4 Å². The molecule has 1 saturated heterocycles. The first-order valence-electron chi connectivity index (χ1n) is 10.8. The first kappa shape index (κ1) is 22.9. The van der Waals surface area contributed by atoms with E-state index in [2.05, 4.69) is 16.0 Å². The number of benzene rings is 2. The highest BCUT2D eigenvalue weighted by molar-refractivity contribution is 7.87. The van der Waals surface area contributed by atoms with Gasteiger partial charge in [-0.3, -0.25) is 14.7 Å². The average molecular weight is 466 g/mol. The van der Waals surface area contributed by atoms with Gasteiger partial charge in [0.15, 0.2) is 0 Å². The lowest BCUT2D eigenvalue weighted by atomic mass is 10.1. The van der Waals surface area contributed by atoms with Crippen molar-refractivity contribution in [1.82, 2.24) is 14.8 Å².